The Hall–Kier alpha value is -3.46. The van der Waals surface area contributed by atoms with Gasteiger partial charge < -0.3 is 24.3 Å². The number of likely N-dealkylation sites (N-methyl/N-ethyl adjacent to an activating group) is 1. The summed E-state index contributed by atoms with van der Waals surface area (Å²) in [5.41, 5.74) is 4.32. The minimum absolute atomic E-state index is 0.0265. The van der Waals surface area contributed by atoms with Crippen molar-refractivity contribution in [3.63, 3.8) is 0 Å². The van der Waals surface area contributed by atoms with Crippen LogP contribution in [0, 0.1) is 11.8 Å². The first-order valence-electron chi connectivity index (χ1n) is 15.3. The Bertz CT molecular complexity index is 1310. The lowest BCUT2D eigenvalue weighted by molar-refractivity contribution is -0.136. The number of likely N-dealkylation sites (tertiary alicyclic amines) is 1. The predicted octanol–water partition coefficient (Wildman–Crippen LogP) is 5.35. The van der Waals surface area contributed by atoms with Crippen LogP contribution < -0.4 is 5.56 Å². The highest BCUT2D eigenvalue weighted by Gasteiger charge is 2.52. The number of hydrogen-bond donors (Lipinski definition) is 1. The molecule has 0 radical (unpaired) electrons. The van der Waals surface area contributed by atoms with Crippen LogP contribution in [0.5, 0.6) is 0 Å². The molecule has 0 spiro atoms. The van der Waals surface area contributed by atoms with Gasteiger partial charge in [0.2, 0.25) is 0 Å². The van der Waals surface area contributed by atoms with Crippen molar-refractivity contribution >= 4 is 23.8 Å². The van der Waals surface area contributed by atoms with Crippen molar-refractivity contribution in [2.24, 2.45) is 17.0 Å². The van der Waals surface area contributed by atoms with Crippen molar-refractivity contribution in [2.45, 2.75) is 77.3 Å². The number of aromatic nitrogens is 2. The first kappa shape index (κ1) is 31.5. The molecule has 9 heteroatoms. The van der Waals surface area contributed by atoms with Crippen LogP contribution in [0.1, 0.15) is 88.3 Å². The Morgan fingerprint density at radius 2 is 1.98 bits per heavy atom. The molecule has 228 valence electrons. The molecule has 1 saturated heterocycles. The quantitative estimate of drug-likeness (QED) is 0.130. The summed E-state index contributed by atoms with van der Waals surface area (Å²) in [6.07, 6.45) is 14.5. The van der Waals surface area contributed by atoms with Crippen LogP contribution in [-0.2, 0) is 9.63 Å². The molecule has 1 N–H and O–H groups in total. The number of carbonyl (C=O) groups is 1. The van der Waals surface area contributed by atoms with E-state index in [-0.39, 0.29) is 35.8 Å². The third kappa shape index (κ3) is 6.77. The number of rotatable bonds is 15. The van der Waals surface area contributed by atoms with E-state index in [1.54, 1.807) is 27.9 Å². The summed E-state index contributed by atoms with van der Waals surface area (Å²) < 4.78 is 1.74. The van der Waals surface area contributed by atoms with Crippen molar-refractivity contribution < 1.29 is 14.7 Å². The SMILES string of the molecule is C=Cc1nc(/C(CCC(=O)O)=N/OCCN(C)C)c(=O)n([C@@H](C)C[C@@H]2CCCCN2C=C2C3CC2C3=CCC)c1C=C. The zero-order chi connectivity index (χ0) is 30.4. The summed E-state index contributed by atoms with van der Waals surface area (Å²) in [5.74, 6) is 0.307. The molecular weight excluding hydrogens is 530 g/mol. The lowest BCUT2D eigenvalue weighted by atomic mass is 9.48. The Balaban J connectivity index is 1.63. The Kier molecular flexibility index (Phi) is 10.6. The van der Waals surface area contributed by atoms with Gasteiger partial charge in [-0.3, -0.25) is 9.59 Å². The van der Waals surface area contributed by atoms with Gasteiger partial charge in [-0.05, 0) is 83.5 Å². The summed E-state index contributed by atoms with van der Waals surface area (Å²) in [4.78, 5) is 40.1. The molecule has 4 fully saturated rings. The molecule has 1 aromatic rings. The molecule has 42 heavy (non-hydrogen) atoms. The molecule has 3 saturated carbocycles. The van der Waals surface area contributed by atoms with Gasteiger partial charge in [-0.1, -0.05) is 36.9 Å². The van der Waals surface area contributed by atoms with Gasteiger partial charge in [0.05, 0.1) is 17.8 Å². The minimum atomic E-state index is -0.982. The smallest absolute Gasteiger partial charge is 0.303 e. The number of carboxylic acid groups (broad SMARTS) is 1. The van der Waals surface area contributed by atoms with Gasteiger partial charge in [-0.2, -0.15) is 0 Å². The van der Waals surface area contributed by atoms with E-state index in [0.29, 0.717) is 42.4 Å². The fraction of sp³-hybridized carbons (Fsp3) is 0.576. The number of oxime groups is 1. The molecule has 4 aliphatic rings. The molecular formula is C33H47N5O4. The topological polar surface area (TPSA) is 100 Å². The molecule has 4 atom stereocenters. The summed E-state index contributed by atoms with van der Waals surface area (Å²) in [6.45, 7) is 14.1. The first-order valence-corrected chi connectivity index (χ1v) is 15.3. The second-order valence-electron chi connectivity index (χ2n) is 11.9. The molecule has 0 aromatic carbocycles. The average Bonchev–Trinajstić information content (AvgIpc) is 2.93. The maximum atomic E-state index is 14.1. The lowest BCUT2D eigenvalue weighted by Gasteiger charge is -2.57. The number of allylic oxidation sites excluding steroid dienone is 3. The van der Waals surface area contributed by atoms with Crippen molar-refractivity contribution in [3.05, 3.63) is 64.0 Å². The van der Waals surface area contributed by atoms with Crippen molar-refractivity contribution in [2.75, 3.05) is 33.8 Å². The standard InChI is InChI=1S/C33H47N5O4/c1-7-12-24-25-20-26(24)27(25)21-37-16-11-10-13-23(37)19-22(4)38-30(9-3)28(8-2)34-32(33(38)41)29(14-15-31(39)40)35-42-18-17-36(5)6/h8-9,12,21-23,25-26H,2-3,7,10-11,13-20H2,1,4-6H3,(H,39,40)/b24-12?,27-21?,35-29+/t22-,23-,25?,26?/m0/s1. The average molecular weight is 578 g/mol. The van der Waals surface area contributed by atoms with Gasteiger partial charge in [0.15, 0.2) is 5.69 Å². The molecule has 5 rings (SSSR count). The molecule has 2 heterocycles. The predicted molar refractivity (Wildman–Crippen MR) is 168 cm³/mol. The maximum Gasteiger partial charge on any atom is 0.303 e. The Labute approximate surface area is 249 Å². The third-order valence-electron chi connectivity index (χ3n) is 8.78. The van der Waals surface area contributed by atoms with E-state index in [0.717, 1.165) is 25.8 Å². The van der Waals surface area contributed by atoms with E-state index in [1.165, 1.54) is 19.3 Å². The number of aliphatic carboxylic acids is 1. The molecule has 0 amide bonds. The fourth-order valence-corrected chi connectivity index (χ4v) is 6.40. The summed E-state index contributed by atoms with van der Waals surface area (Å²) in [6, 6.07) is 0.166. The zero-order valence-corrected chi connectivity index (χ0v) is 25.7. The van der Waals surface area contributed by atoms with Crippen molar-refractivity contribution in [1.82, 2.24) is 19.4 Å². The second kappa shape index (κ2) is 14.1. The fourth-order valence-electron chi connectivity index (χ4n) is 6.40. The van der Waals surface area contributed by atoms with E-state index < -0.39 is 5.97 Å². The summed E-state index contributed by atoms with van der Waals surface area (Å²) in [7, 11) is 3.84. The molecule has 2 bridgehead atoms. The van der Waals surface area contributed by atoms with Gasteiger partial charge >= 0.3 is 5.97 Å². The lowest BCUT2D eigenvalue weighted by Crippen LogP contribution is -2.48. The van der Waals surface area contributed by atoms with Crippen LogP contribution in [-0.4, -0.2) is 76.0 Å². The van der Waals surface area contributed by atoms with Crippen LogP contribution in [0.2, 0.25) is 0 Å². The minimum Gasteiger partial charge on any atom is -0.481 e. The van der Waals surface area contributed by atoms with Gasteiger partial charge in [-0.15, -0.1) is 0 Å². The molecule has 1 aromatic heterocycles. The summed E-state index contributed by atoms with van der Waals surface area (Å²) >= 11 is 0. The highest BCUT2D eigenvalue weighted by Crippen LogP contribution is 2.62. The molecule has 1 aliphatic heterocycles. The normalized spacial score (nSPS) is 22.3. The van der Waals surface area contributed by atoms with Gasteiger partial charge in [0.1, 0.15) is 12.3 Å². The van der Waals surface area contributed by atoms with E-state index in [4.69, 9.17) is 4.84 Å². The monoisotopic (exact) mass is 577 g/mol. The third-order valence-corrected chi connectivity index (χ3v) is 8.78. The van der Waals surface area contributed by atoms with Crippen LogP contribution in [0.15, 0.2) is 46.5 Å². The van der Waals surface area contributed by atoms with E-state index >= 15 is 0 Å². The summed E-state index contributed by atoms with van der Waals surface area (Å²) in [5, 5.41) is 13.6. The van der Waals surface area contributed by atoms with Crippen molar-refractivity contribution in [1.29, 1.82) is 0 Å². The molecule has 9 nitrogen and oxygen atoms in total. The highest BCUT2D eigenvalue weighted by atomic mass is 16.6. The number of nitrogens with zero attached hydrogens (tertiary/aromatic N) is 5. The molecule has 3 aliphatic carbocycles. The van der Waals surface area contributed by atoms with Crippen LogP contribution in [0.4, 0.5) is 0 Å². The van der Waals surface area contributed by atoms with Crippen molar-refractivity contribution in [3.8, 4) is 0 Å². The highest BCUT2D eigenvalue weighted by molar-refractivity contribution is 5.99. The number of piperidine rings is 1. The Morgan fingerprint density at radius 1 is 1.21 bits per heavy atom. The second-order valence-corrected chi connectivity index (χ2v) is 11.9. The number of carboxylic acids is 1. The zero-order valence-electron chi connectivity index (χ0n) is 25.7. The van der Waals surface area contributed by atoms with E-state index in [2.05, 4.69) is 54.3 Å². The van der Waals surface area contributed by atoms with Gasteiger partial charge in [0, 0.05) is 43.4 Å². The van der Waals surface area contributed by atoms with E-state index in [1.807, 2.05) is 19.0 Å². The van der Waals surface area contributed by atoms with Crippen LogP contribution in [0.25, 0.3) is 12.2 Å². The molecule has 2 unspecified atom stereocenters. The number of hydrogen-bond acceptors (Lipinski definition) is 7. The Morgan fingerprint density at radius 3 is 2.60 bits per heavy atom. The van der Waals surface area contributed by atoms with Crippen LogP contribution >= 0.6 is 0 Å². The van der Waals surface area contributed by atoms with Crippen LogP contribution in [0.3, 0.4) is 0 Å². The largest absolute Gasteiger partial charge is 0.481 e. The first-order chi connectivity index (χ1) is 20.2. The maximum absolute atomic E-state index is 14.1. The van der Waals surface area contributed by atoms with E-state index in [9.17, 15) is 14.7 Å². The van der Waals surface area contributed by atoms with Gasteiger partial charge in [-0.25, -0.2) is 4.98 Å². The van der Waals surface area contributed by atoms with Gasteiger partial charge in [0.25, 0.3) is 5.56 Å².